The van der Waals surface area contributed by atoms with Gasteiger partial charge in [-0.1, -0.05) is 19.1 Å². The Bertz CT molecular complexity index is 383. The van der Waals surface area contributed by atoms with Crippen molar-refractivity contribution in [2.45, 2.75) is 19.3 Å². The molecule has 0 saturated carbocycles. The highest BCUT2D eigenvalue weighted by Gasteiger charge is 2.09. The van der Waals surface area contributed by atoms with E-state index in [4.69, 9.17) is 0 Å². The van der Waals surface area contributed by atoms with Crippen molar-refractivity contribution < 1.29 is 4.79 Å². The van der Waals surface area contributed by atoms with E-state index < -0.39 is 0 Å². The van der Waals surface area contributed by atoms with Crippen molar-refractivity contribution in [2.75, 3.05) is 18.0 Å². The van der Waals surface area contributed by atoms with Gasteiger partial charge in [0.25, 0.3) is 0 Å². The molecule has 0 N–H and O–H groups in total. The zero-order valence-corrected chi connectivity index (χ0v) is 9.47. The number of hydrogen-bond donors (Lipinski definition) is 0. The van der Waals surface area contributed by atoms with Gasteiger partial charge in [-0.25, -0.2) is 0 Å². The monoisotopic (exact) mass is 216 g/mol. The molecule has 0 amide bonds. The molecule has 1 atom stereocenters. The van der Waals surface area contributed by atoms with Crippen LogP contribution in [0.2, 0.25) is 0 Å². The van der Waals surface area contributed by atoms with Gasteiger partial charge in [-0.2, -0.15) is 0 Å². The van der Waals surface area contributed by atoms with Crippen LogP contribution >= 0.6 is 0 Å². The van der Waals surface area contributed by atoms with E-state index in [1.165, 1.54) is 11.3 Å². The molecular weight excluding hydrogens is 200 g/mol. The number of anilines is 1. The molecule has 1 aromatic rings. The van der Waals surface area contributed by atoms with Crippen LogP contribution in [0.1, 0.15) is 24.8 Å². The highest BCUT2D eigenvalue weighted by molar-refractivity contribution is 5.80. The lowest BCUT2D eigenvalue weighted by Gasteiger charge is -2.15. The fourth-order valence-electron chi connectivity index (χ4n) is 1.85. The first-order chi connectivity index (χ1) is 7.81. The van der Waals surface area contributed by atoms with E-state index in [1.54, 1.807) is 0 Å². The molecule has 2 rings (SSSR count). The summed E-state index contributed by atoms with van der Waals surface area (Å²) in [7, 11) is 0. The molecule has 1 unspecified atom stereocenters. The predicted molar refractivity (Wildman–Crippen MR) is 66.2 cm³/mol. The molecule has 1 heterocycles. The van der Waals surface area contributed by atoms with Crippen molar-refractivity contribution in [1.29, 1.82) is 0 Å². The second-order valence-electron chi connectivity index (χ2n) is 4.11. The Hall–Kier alpha value is -1.64. The molecule has 0 spiro atoms. The van der Waals surface area contributed by atoms with Crippen molar-refractivity contribution in [3.8, 4) is 0 Å². The highest BCUT2D eigenvalue weighted by Crippen LogP contribution is 2.22. The molecule has 3 nitrogen and oxygen atoms in total. The summed E-state index contributed by atoms with van der Waals surface area (Å²) in [5, 5.41) is 0. The fourth-order valence-corrected chi connectivity index (χ4v) is 1.85. The number of carbonyl (C=O) groups excluding carboxylic acids is 1. The predicted octanol–water partition coefficient (Wildman–Crippen LogP) is 2.23. The average molecular weight is 216 g/mol. The third kappa shape index (κ3) is 2.30. The number of carbonyl (C=O) groups is 1. The lowest BCUT2D eigenvalue weighted by atomic mass is 9.98. The van der Waals surface area contributed by atoms with E-state index in [-0.39, 0.29) is 0 Å². The molecule has 0 aliphatic carbocycles. The van der Waals surface area contributed by atoms with Gasteiger partial charge < -0.3 is 9.69 Å². The Balaban J connectivity index is 2.09. The van der Waals surface area contributed by atoms with Gasteiger partial charge in [0.15, 0.2) is 0 Å². The number of hydrogen-bond acceptors (Lipinski definition) is 3. The summed E-state index contributed by atoms with van der Waals surface area (Å²) in [6, 6.07) is 8.37. The molecule has 0 aromatic heterocycles. The molecule has 1 aliphatic heterocycles. The Kier molecular flexibility index (Phi) is 3.34. The lowest BCUT2D eigenvalue weighted by Crippen LogP contribution is -2.17. The lowest BCUT2D eigenvalue weighted by molar-refractivity contribution is -0.108. The van der Waals surface area contributed by atoms with Crippen molar-refractivity contribution in [3.05, 3.63) is 29.8 Å². The minimum absolute atomic E-state index is 0.304. The average Bonchev–Trinajstić information content (AvgIpc) is 2.83. The first kappa shape index (κ1) is 10.9. The zero-order valence-electron chi connectivity index (χ0n) is 9.47. The Morgan fingerprint density at radius 3 is 2.75 bits per heavy atom. The van der Waals surface area contributed by atoms with E-state index in [0.29, 0.717) is 12.3 Å². The smallest absolute Gasteiger partial charge is 0.120 e. The van der Waals surface area contributed by atoms with Crippen LogP contribution in [0, 0.1) is 0 Å². The third-order valence-electron chi connectivity index (χ3n) is 2.93. The minimum atomic E-state index is 0.304. The van der Waals surface area contributed by atoms with Crippen molar-refractivity contribution in [2.24, 2.45) is 4.99 Å². The molecule has 0 bridgehead atoms. The van der Waals surface area contributed by atoms with Gasteiger partial charge >= 0.3 is 0 Å². The van der Waals surface area contributed by atoms with E-state index >= 15 is 0 Å². The fraction of sp³-hybridized carbons (Fsp3) is 0.385. The normalized spacial score (nSPS) is 16.4. The third-order valence-corrected chi connectivity index (χ3v) is 2.93. The van der Waals surface area contributed by atoms with Crippen molar-refractivity contribution in [3.63, 3.8) is 0 Å². The maximum atomic E-state index is 10.4. The van der Waals surface area contributed by atoms with Crippen LogP contribution in [0.5, 0.6) is 0 Å². The summed E-state index contributed by atoms with van der Waals surface area (Å²) in [6.07, 6.45) is 3.44. The van der Waals surface area contributed by atoms with Gasteiger partial charge in [-0.3, -0.25) is 4.99 Å². The number of nitrogens with zero attached hydrogens (tertiary/aromatic N) is 2. The van der Waals surface area contributed by atoms with Crippen LogP contribution in [-0.2, 0) is 4.79 Å². The van der Waals surface area contributed by atoms with Crippen LogP contribution in [0.25, 0.3) is 0 Å². The van der Waals surface area contributed by atoms with E-state index in [2.05, 4.69) is 41.1 Å². The van der Waals surface area contributed by atoms with Crippen LogP contribution in [0.15, 0.2) is 29.3 Å². The van der Waals surface area contributed by atoms with E-state index in [1.807, 2.05) is 6.34 Å². The molecule has 84 valence electrons. The van der Waals surface area contributed by atoms with Gasteiger partial charge in [0.2, 0.25) is 0 Å². The molecule has 0 radical (unpaired) electrons. The quantitative estimate of drug-likeness (QED) is 0.723. The van der Waals surface area contributed by atoms with Crippen LogP contribution in [0.3, 0.4) is 0 Å². The Morgan fingerprint density at radius 1 is 1.44 bits per heavy atom. The highest BCUT2D eigenvalue weighted by atomic mass is 16.1. The van der Waals surface area contributed by atoms with Crippen LogP contribution in [-0.4, -0.2) is 25.7 Å². The molecule has 16 heavy (non-hydrogen) atoms. The van der Waals surface area contributed by atoms with Gasteiger partial charge in [-0.15, -0.1) is 0 Å². The number of rotatable bonds is 4. The van der Waals surface area contributed by atoms with Gasteiger partial charge in [0.1, 0.15) is 6.29 Å². The van der Waals surface area contributed by atoms with Crippen LogP contribution < -0.4 is 4.90 Å². The summed E-state index contributed by atoms with van der Waals surface area (Å²) in [5.74, 6) is 0.304. The zero-order chi connectivity index (χ0) is 11.4. The second kappa shape index (κ2) is 4.92. The number of benzene rings is 1. The molecule has 1 aliphatic rings. The van der Waals surface area contributed by atoms with Crippen molar-refractivity contribution in [1.82, 2.24) is 0 Å². The largest absolute Gasteiger partial charge is 0.331 e. The van der Waals surface area contributed by atoms with Gasteiger partial charge in [0, 0.05) is 18.7 Å². The summed E-state index contributed by atoms with van der Waals surface area (Å²) in [5.41, 5.74) is 2.38. The van der Waals surface area contributed by atoms with Crippen LogP contribution in [0.4, 0.5) is 5.69 Å². The summed E-state index contributed by atoms with van der Waals surface area (Å²) in [6.45, 7) is 3.91. The summed E-state index contributed by atoms with van der Waals surface area (Å²) >= 11 is 0. The number of aliphatic imine (C=N–C) groups is 1. The minimum Gasteiger partial charge on any atom is -0.331 e. The number of aldehydes is 1. The second-order valence-corrected chi connectivity index (χ2v) is 4.11. The standard InChI is InChI=1S/C13H16N2O/c1-11(6-9-16)12-2-4-13(5-3-12)15-8-7-14-10-15/h2-5,9-11H,6-8H2,1H3. The van der Waals surface area contributed by atoms with Gasteiger partial charge in [-0.05, 0) is 23.6 Å². The first-order valence-electron chi connectivity index (χ1n) is 5.61. The maximum absolute atomic E-state index is 10.4. The Morgan fingerprint density at radius 2 is 2.19 bits per heavy atom. The molecule has 1 aromatic carbocycles. The van der Waals surface area contributed by atoms with E-state index in [0.717, 1.165) is 19.4 Å². The first-order valence-corrected chi connectivity index (χ1v) is 5.61. The SMILES string of the molecule is CC(CC=O)c1ccc(N2C=NCC2)cc1. The molecule has 0 saturated heterocycles. The van der Waals surface area contributed by atoms with Crippen molar-refractivity contribution >= 4 is 18.3 Å². The topological polar surface area (TPSA) is 32.7 Å². The molecule has 3 heteroatoms. The Labute approximate surface area is 95.8 Å². The van der Waals surface area contributed by atoms with E-state index in [9.17, 15) is 4.79 Å². The summed E-state index contributed by atoms with van der Waals surface area (Å²) < 4.78 is 0. The maximum Gasteiger partial charge on any atom is 0.120 e. The summed E-state index contributed by atoms with van der Waals surface area (Å²) in [4.78, 5) is 16.8. The molecule has 0 fully saturated rings. The molecular formula is C13H16N2O. The van der Waals surface area contributed by atoms with Gasteiger partial charge in [0.05, 0.1) is 12.9 Å².